The van der Waals surface area contributed by atoms with Crippen molar-refractivity contribution >= 4 is 22.8 Å². The maximum atomic E-state index is 5.38. The molecule has 0 aromatic carbocycles. The predicted molar refractivity (Wildman–Crippen MR) is 96.7 cm³/mol. The van der Waals surface area contributed by atoms with Gasteiger partial charge < -0.3 is 10.1 Å². The monoisotopic (exact) mass is 343 g/mol. The number of nitrogens with one attached hydrogen (secondary N) is 1. The van der Waals surface area contributed by atoms with E-state index in [9.17, 15) is 0 Å². The molecule has 0 saturated carbocycles. The second kappa shape index (κ2) is 7.29. The van der Waals surface area contributed by atoms with Gasteiger partial charge in [0.15, 0.2) is 5.65 Å². The Morgan fingerprint density at radius 2 is 2.17 bits per heavy atom. The van der Waals surface area contributed by atoms with E-state index in [0.717, 1.165) is 62.8 Å². The van der Waals surface area contributed by atoms with Crippen LogP contribution in [0.1, 0.15) is 6.42 Å². The molecule has 3 aromatic rings. The van der Waals surface area contributed by atoms with Crippen molar-refractivity contribution < 1.29 is 4.74 Å². The van der Waals surface area contributed by atoms with Crippen LogP contribution in [0.3, 0.4) is 0 Å². The van der Waals surface area contributed by atoms with E-state index in [1.54, 1.807) is 11.3 Å². The van der Waals surface area contributed by atoms with Crippen LogP contribution in [0, 0.1) is 0 Å². The quantitative estimate of drug-likeness (QED) is 0.697. The van der Waals surface area contributed by atoms with Gasteiger partial charge in [0.2, 0.25) is 0 Å². The summed E-state index contributed by atoms with van der Waals surface area (Å²) in [6, 6.07) is 4.08. The highest BCUT2D eigenvalue weighted by molar-refractivity contribution is 7.08. The summed E-state index contributed by atoms with van der Waals surface area (Å²) in [7, 11) is 0. The Bertz CT molecular complexity index is 779. The Labute approximate surface area is 145 Å². The van der Waals surface area contributed by atoms with Gasteiger partial charge in [0, 0.05) is 31.4 Å². The zero-order valence-electron chi connectivity index (χ0n) is 13.5. The molecule has 0 spiro atoms. The number of morpholine rings is 1. The number of hydrogen-bond donors (Lipinski definition) is 1. The molecule has 1 fully saturated rings. The van der Waals surface area contributed by atoms with Crippen LogP contribution >= 0.6 is 11.3 Å². The predicted octanol–water partition coefficient (Wildman–Crippen LogP) is 2.59. The SMILES string of the molecule is c1cc(NCCCN2CCOCC2)n2ncc(-c3ccsc3)c2n1. The molecule has 0 bridgehead atoms. The van der Waals surface area contributed by atoms with Gasteiger partial charge in [0.05, 0.1) is 19.4 Å². The lowest BCUT2D eigenvalue weighted by atomic mass is 10.2. The van der Waals surface area contributed by atoms with Gasteiger partial charge >= 0.3 is 0 Å². The fourth-order valence-corrected chi connectivity index (χ4v) is 3.65. The van der Waals surface area contributed by atoms with Gasteiger partial charge in [-0.05, 0) is 41.4 Å². The molecule has 24 heavy (non-hydrogen) atoms. The fraction of sp³-hybridized carbons (Fsp3) is 0.412. The minimum atomic E-state index is 0.858. The van der Waals surface area contributed by atoms with E-state index in [2.05, 4.69) is 37.1 Å². The molecule has 126 valence electrons. The number of thiophene rings is 1. The van der Waals surface area contributed by atoms with Crippen LogP contribution in [0.15, 0.2) is 35.3 Å². The molecule has 4 heterocycles. The number of nitrogens with zero attached hydrogens (tertiary/aromatic N) is 4. The largest absolute Gasteiger partial charge is 0.379 e. The van der Waals surface area contributed by atoms with Crippen molar-refractivity contribution in [3.05, 3.63) is 35.3 Å². The first-order valence-electron chi connectivity index (χ1n) is 8.31. The molecule has 0 aliphatic carbocycles. The maximum Gasteiger partial charge on any atom is 0.165 e. The van der Waals surface area contributed by atoms with Crippen molar-refractivity contribution in [2.45, 2.75) is 6.42 Å². The van der Waals surface area contributed by atoms with Crippen LogP contribution in [-0.4, -0.2) is 58.9 Å². The Balaban J connectivity index is 1.41. The van der Waals surface area contributed by atoms with E-state index in [0.29, 0.717) is 0 Å². The highest BCUT2D eigenvalue weighted by Crippen LogP contribution is 2.26. The molecule has 1 N–H and O–H groups in total. The molecule has 3 aromatic heterocycles. The first-order chi connectivity index (χ1) is 11.9. The minimum absolute atomic E-state index is 0.858. The lowest BCUT2D eigenvalue weighted by Gasteiger charge is -2.26. The number of aromatic nitrogens is 3. The van der Waals surface area contributed by atoms with Gasteiger partial charge in [-0.15, -0.1) is 0 Å². The molecule has 0 amide bonds. The lowest BCUT2D eigenvalue weighted by Crippen LogP contribution is -2.37. The van der Waals surface area contributed by atoms with E-state index in [1.807, 2.05) is 23.0 Å². The summed E-state index contributed by atoms with van der Waals surface area (Å²) < 4.78 is 7.27. The summed E-state index contributed by atoms with van der Waals surface area (Å²) in [5, 5.41) is 12.2. The highest BCUT2D eigenvalue weighted by atomic mass is 32.1. The van der Waals surface area contributed by atoms with E-state index in [1.165, 1.54) is 5.56 Å². The third-order valence-electron chi connectivity index (χ3n) is 4.29. The van der Waals surface area contributed by atoms with Crippen molar-refractivity contribution in [1.29, 1.82) is 0 Å². The summed E-state index contributed by atoms with van der Waals surface area (Å²) in [5.41, 5.74) is 3.15. The maximum absolute atomic E-state index is 5.38. The van der Waals surface area contributed by atoms with Gasteiger partial charge in [0.25, 0.3) is 0 Å². The van der Waals surface area contributed by atoms with Gasteiger partial charge in [-0.25, -0.2) is 4.98 Å². The highest BCUT2D eigenvalue weighted by Gasteiger charge is 2.11. The summed E-state index contributed by atoms with van der Waals surface area (Å²) in [6.45, 7) is 5.83. The van der Waals surface area contributed by atoms with Gasteiger partial charge in [0.1, 0.15) is 5.82 Å². The third kappa shape index (κ3) is 3.28. The number of anilines is 1. The smallest absolute Gasteiger partial charge is 0.165 e. The van der Waals surface area contributed by atoms with Crippen LogP contribution in [0.2, 0.25) is 0 Å². The van der Waals surface area contributed by atoms with Crippen molar-refractivity contribution in [3.8, 4) is 11.1 Å². The summed E-state index contributed by atoms with van der Waals surface area (Å²) in [6.07, 6.45) is 4.84. The molecule has 0 radical (unpaired) electrons. The van der Waals surface area contributed by atoms with E-state index >= 15 is 0 Å². The molecule has 1 saturated heterocycles. The molecule has 7 heteroatoms. The van der Waals surface area contributed by atoms with Gasteiger partial charge in [-0.1, -0.05) is 0 Å². The minimum Gasteiger partial charge on any atom is -0.379 e. The summed E-state index contributed by atoms with van der Waals surface area (Å²) in [5.74, 6) is 0.989. The van der Waals surface area contributed by atoms with Crippen LogP contribution in [0.5, 0.6) is 0 Å². The Morgan fingerprint density at radius 3 is 3.00 bits per heavy atom. The van der Waals surface area contributed by atoms with Crippen molar-refractivity contribution in [1.82, 2.24) is 19.5 Å². The number of rotatable bonds is 6. The topological polar surface area (TPSA) is 54.7 Å². The molecule has 4 rings (SSSR count). The molecule has 1 aliphatic heterocycles. The van der Waals surface area contributed by atoms with Crippen LogP contribution in [-0.2, 0) is 4.74 Å². The first kappa shape index (κ1) is 15.6. The zero-order valence-corrected chi connectivity index (χ0v) is 14.3. The second-order valence-corrected chi connectivity index (χ2v) is 6.65. The van der Waals surface area contributed by atoms with Gasteiger partial charge in [-0.2, -0.15) is 21.0 Å². The number of hydrogen-bond acceptors (Lipinski definition) is 6. The van der Waals surface area contributed by atoms with E-state index in [-0.39, 0.29) is 0 Å². The molecule has 1 aliphatic rings. The van der Waals surface area contributed by atoms with E-state index in [4.69, 9.17) is 4.74 Å². The Hall–Kier alpha value is -1.96. The average molecular weight is 343 g/mol. The fourth-order valence-electron chi connectivity index (χ4n) is 2.99. The molecule has 6 nitrogen and oxygen atoms in total. The van der Waals surface area contributed by atoms with Gasteiger partial charge in [-0.3, -0.25) is 4.90 Å². The Kier molecular flexibility index (Phi) is 4.73. The molecule has 0 unspecified atom stereocenters. The lowest BCUT2D eigenvalue weighted by molar-refractivity contribution is 0.0378. The average Bonchev–Trinajstić information content (AvgIpc) is 3.29. The van der Waals surface area contributed by atoms with Crippen molar-refractivity contribution in [3.63, 3.8) is 0 Å². The normalized spacial score (nSPS) is 15.8. The Morgan fingerprint density at radius 1 is 1.25 bits per heavy atom. The zero-order chi connectivity index (χ0) is 16.2. The van der Waals surface area contributed by atoms with Crippen LogP contribution in [0.25, 0.3) is 16.8 Å². The molecular weight excluding hydrogens is 322 g/mol. The number of ether oxygens (including phenoxy) is 1. The first-order valence-corrected chi connectivity index (χ1v) is 9.25. The second-order valence-electron chi connectivity index (χ2n) is 5.87. The molecular formula is C17H21N5OS. The van der Waals surface area contributed by atoms with Crippen LogP contribution in [0.4, 0.5) is 5.82 Å². The summed E-state index contributed by atoms with van der Waals surface area (Å²) in [4.78, 5) is 6.96. The van der Waals surface area contributed by atoms with E-state index < -0.39 is 0 Å². The van der Waals surface area contributed by atoms with Crippen LogP contribution < -0.4 is 5.32 Å². The molecule has 0 atom stereocenters. The standard InChI is InChI=1S/C17H21N5OS/c1(6-21-7-9-23-10-8-21)4-18-16-2-5-19-17-15(12-20-22(16)17)14-3-11-24-13-14/h2-3,5,11-13,18H,1,4,6-10H2. The number of fused-ring (bicyclic) bond motifs is 1. The summed E-state index contributed by atoms with van der Waals surface area (Å²) >= 11 is 1.69. The van der Waals surface area contributed by atoms with Crippen molar-refractivity contribution in [2.75, 3.05) is 44.7 Å². The third-order valence-corrected chi connectivity index (χ3v) is 4.98. The van der Waals surface area contributed by atoms with Crippen molar-refractivity contribution in [2.24, 2.45) is 0 Å².